The van der Waals surface area contributed by atoms with Crippen LogP contribution >= 0.6 is 0 Å². The van der Waals surface area contributed by atoms with Gasteiger partial charge >= 0.3 is 0 Å². The van der Waals surface area contributed by atoms with Crippen LogP contribution in [0.25, 0.3) is 0 Å². The topological polar surface area (TPSA) is 59.8 Å². The molecule has 0 fully saturated rings. The molecule has 0 radical (unpaired) electrons. The number of nitrogens with one attached hydrogen (secondary N) is 1. The summed E-state index contributed by atoms with van der Waals surface area (Å²) >= 11 is 0. The molecule has 0 aliphatic carbocycles. The number of halogens is 2. The number of carbonyl (C=O) groups is 1. The smallest absolute Gasteiger partial charge is 0.225 e. The van der Waals surface area contributed by atoms with Gasteiger partial charge in [-0.3, -0.25) is 9.48 Å². The summed E-state index contributed by atoms with van der Waals surface area (Å²) in [6, 6.07) is 13.0. The molecule has 1 atom stereocenters. The lowest BCUT2D eigenvalue weighted by Gasteiger charge is -2.19. The van der Waals surface area contributed by atoms with E-state index >= 15 is 0 Å². The van der Waals surface area contributed by atoms with Crippen molar-refractivity contribution >= 4 is 5.91 Å². The fourth-order valence-electron chi connectivity index (χ4n) is 2.72. The van der Waals surface area contributed by atoms with Gasteiger partial charge in [0.1, 0.15) is 12.7 Å². The normalized spacial score (nSPS) is 11.9. The highest BCUT2D eigenvalue weighted by atomic mass is 19.2. The molecular weight excluding hydrogens is 338 g/mol. The van der Waals surface area contributed by atoms with Crippen LogP contribution in [0.4, 0.5) is 8.78 Å². The number of hydrogen-bond acceptors (Lipinski definition) is 3. The Balaban J connectivity index is 1.70. The summed E-state index contributed by atoms with van der Waals surface area (Å²) in [5, 5.41) is 6.95. The largest absolute Gasteiger partial charge is 0.349 e. The first-order chi connectivity index (χ1) is 12.6. The van der Waals surface area contributed by atoms with Gasteiger partial charge in [-0.05, 0) is 18.1 Å². The van der Waals surface area contributed by atoms with E-state index in [0.717, 1.165) is 11.6 Å². The van der Waals surface area contributed by atoms with Crippen molar-refractivity contribution in [3.63, 3.8) is 0 Å². The maximum absolute atomic E-state index is 13.8. The average molecular weight is 356 g/mol. The number of amides is 1. The highest BCUT2D eigenvalue weighted by Crippen LogP contribution is 2.18. The molecule has 7 heteroatoms. The Hall–Kier alpha value is -3.09. The van der Waals surface area contributed by atoms with Gasteiger partial charge in [-0.25, -0.2) is 13.8 Å². The molecule has 0 bridgehead atoms. The standard InChI is InChI=1S/C19H18F2N4O/c20-16-8-4-7-15(19(16)21)11-18(26)24-17(14-5-2-1-3-6-14)9-10-25-13-22-12-23-25/h1-8,12-13,17H,9-11H2,(H,24,26)/t17-/m1/s1. The molecule has 2 aromatic carbocycles. The highest BCUT2D eigenvalue weighted by Gasteiger charge is 2.17. The summed E-state index contributed by atoms with van der Waals surface area (Å²) in [5.41, 5.74) is 0.964. The van der Waals surface area contributed by atoms with Crippen LogP contribution in [0.5, 0.6) is 0 Å². The van der Waals surface area contributed by atoms with Crippen molar-refractivity contribution in [3.05, 3.63) is 83.9 Å². The van der Waals surface area contributed by atoms with Crippen LogP contribution in [0, 0.1) is 11.6 Å². The average Bonchev–Trinajstić information content (AvgIpc) is 3.17. The van der Waals surface area contributed by atoms with Gasteiger partial charge in [-0.2, -0.15) is 5.10 Å². The minimum atomic E-state index is -0.985. The minimum Gasteiger partial charge on any atom is -0.349 e. The second-order valence-electron chi connectivity index (χ2n) is 5.87. The minimum absolute atomic E-state index is 0.0330. The predicted molar refractivity (Wildman–Crippen MR) is 92.0 cm³/mol. The van der Waals surface area contributed by atoms with E-state index in [9.17, 15) is 13.6 Å². The molecule has 1 N–H and O–H groups in total. The summed E-state index contributed by atoms with van der Waals surface area (Å²) < 4.78 is 28.8. The van der Waals surface area contributed by atoms with Crippen LogP contribution in [0.2, 0.25) is 0 Å². The molecule has 0 saturated heterocycles. The van der Waals surface area contributed by atoms with E-state index in [-0.39, 0.29) is 23.9 Å². The van der Waals surface area contributed by atoms with Crippen LogP contribution in [0.15, 0.2) is 61.2 Å². The molecule has 1 heterocycles. The molecule has 5 nitrogen and oxygen atoms in total. The molecule has 1 amide bonds. The first-order valence-electron chi connectivity index (χ1n) is 8.23. The van der Waals surface area contributed by atoms with Gasteiger partial charge in [0.15, 0.2) is 11.6 Å². The molecule has 1 aromatic heterocycles. The Morgan fingerprint density at radius 1 is 1.12 bits per heavy atom. The summed E-state index contributed by atoms with van der Waals surface area (Å²) in [6.07, 6.45) is 3.41. The van der Waals surface area contributed by atoms with Crippen LogP contribution < -0.4 is 5.32 Å². The Bertz CT molecular complexity index is 853. The zero-order valence-corrected chi connectivity index (χ0v) is 14.0. The Morgan fingerprint density at radius 3 is 2.65 bits per heavy atom. The third-order valence-corrected chi connectivity index (χ3v) is 4.03. The quantitative estimate of drug-likeness (QED) is 0.708. The molecule has 134 valence electrons. The van der Waals surface area contributed by atoms with Gasteiger partial charge in [0.05, 0.1) is 12.5 Å². The molecule has 26 heavy (non-hydrogen) atoms. The lowest BCUT2D eigenvalue weighted by molar-refractivity contribution is -0.121. The molecule has 0 aliphatic heterocycles. The van der Waals surface area contributed by atoms with Crippen molar-refractivity contribution in [1.29, 1.82) is 0 Å². The second kappa shape index (κ2) is 8.33. The molecule has 0 aliphatic rings. The van der Waals surface area contributed by atoms with E-state index in [1.54, 1.807) is 11.0 Å². The third kappa shape index (κ3) is 4.50. The number of hydrogen-bond donors (Lipinski definition) is 1. The van der Waals surface area contributed by atoms with Gasteiger partial charge in [-0.1, -0.05) is 42.5 Å². The number of aromatic nitrogens is 3. The predicted octanol–water partition coefficient (Wildman–Crippen LogP) is 3.05. The van der Waals surface area contributed by atoms with Gasteiger partial charge in [-0.15, -0.1) is 0 Å². The number of benzene rings is 2. The maximum atomic E-state index is 13.8. The number of rotatable bonds is 7. The van der Waals surface area contributed by atoms with Crippen molar-refractivity contribution in [2.24, 2.45) is 0 Å². The summed E-state index contributed by atoms with van der Waals surface area (Å²) in [6.45, 7) is 0.564. The summed E-state index contributed by atoms with van der Waals surface area (Å²) in [5.74, 6) is -2.32. The lowest BCUT2D eigenvalue weighted by atomic mass is 10.0. The van der Waals surface area contributed by atoms with Gasteiger partial charge in [0, 0.05) is 12.1 Å². The number of carbonyl (C=O) groups excluding carboxylic acids is 1. The van der Waals surface area contributed by atoms with Crippen LogP contribution in [-0.4, -0.2) is 20.7 Å². The zero-order chi connectivity index (χ0) is 18.4. The molecule has 3 rings (SSSR count). The van der Waals surface area contributed by atoms with Crippen molar-refractivity contribution in [1.82, 2.24) is 20.1 Å². The van der Waals surface area contributed by atoms with Crippen molar-refractivity contribution in [3.8, 4) is 0 Å². The van der Waals surface area contributed by atoms with Crippen LogP contribution in [-0.2, 0) is 17.8 Å². The summed E-state index contributed by atoms with van der Waals surface area (Å²) in [4.78, 5) is 16.3. The lowest BCUT2D eigenvalue weighted by Crippen LogP contribution is -2.31. The number of aryl methyl sites for hydroxylation is 1. The van der Waals surface area contributed by atoms with E-state index in [2.05, 4.69) is 15.4 Å². The van der Waals surface area contributed by atoms with Crippen molar-refractivity contribution in [2.45, 2.75) is 25.4 Å². The number of nitrogens with zero attached hydrogens (tertiary/aromatic N) is 3. The van der Waals surface area contributed by atoms with Gasteiger partial charge in [0.25, 0.3) is 0 Å². The van der Waals surface area contributed by atoms with E-state index < -0.39 is 11.6 Å². The van der Waals surface area contributed by atoms with Crippen molar-refractivity contribution < 1.29 is 13.6 Å². The van der Waals surface area contributed by atoms with Crippen LogP contribution in [0.1, 0.15) is 23.6 Å². The first-order valence-corrected chi connectivity index (χ1v) is 8.23. The Labute approximate surface area is 149 Å². The first kappa shape index (κ1) is 17.7. The highest BCUT2D eigenvalue weighted by molar-refractivity contribution is 5.79. The van der Waals surface area contributed by atoms with Crippen LogP contribution in [0.3, 0.4) is 0 Å². The molecule has 0 unspecified atom stereocenters. The third-order valence-electron chi connectivity index (χ3n) is 4.03. The maximum Gasteiger partial charge on any atom is 0.225 e. The SMILES string of the molecule is O=C(Cc1cccc(F)c1F)N[C@H](CCn1cncn1)c1ccccc1. The van der Waals surface area contributed by atoms with Crippen molar-refractivity contribution in [2.75, 3.05) is 0 Å². The van der Waals surface area contributed by atoms with E-state index in [0.29, 0.717) is 13.0 Å². The van der Waals surface area contributed by atoms with E-state index in [1.807, 2.05) is 30.3 Å². The molecule has 0 spiro atoms. The Kier molecular flexibility index (Phi) is 5.68. The molecule has 3 aromatic rings. The fourth-order valence-corrected chi connectivity index (χ4v) is 2.72. The summed E-state index contributed by atoms with van der Waals surface area (Å²) in [7, 11) is 0. The monoisotopic (exact) mass is 356 g/mol. The van der Waals surface area contributed by atoms with Gasteiger partial charge < -0.3 is 5.32 Å². The Morgan fingerprint density at radius 2 is 1.92 bits per heavy atom. The zero-order valence-electron chi connectivity index (χ0n) is 14.0. The van der Waals surface area contributed by atoms with E-state index in [4.69, 9.17) is 0 Å². The van der Waals surface area contributed by atoms with Gasteiger partial charge in [0.2, 0.25) is 5.91 Å². The second-order valence-corrected chi connectivity index (χ2v) is 5.87. The molecular formula is C19H18F2N4O. The molecule has 0 saturated carbocycles. The van der Waals surface area contributed by atoms with E-state index in [1.165, 1.54) is 18.5 Å². The fraction of sp³-hybridized carbons (Fsp3) is 0.211.